The van der Waals surface area contributed by atoms with Crippen LogP contribution < -0.4 is 5.73 Å². The van der Waals surface area contributed by atoms with Gasteiger partial charge in [-0.05, 0) is 39.0 Å². The molecule has 0 radical (unpaired) electrons. The Kier molecular flexibility index (Phi) is 2.69. The maximum Gasteiger partial charge on any atom is 0.153 e. The largest absolute Gasteiger partial charge is 0.319 e. The fourth-order valence-electron chi connectivity index (χ4n) is 3.27. The van der Waals surface area contributed by atoms with Crippen LogP contribution in [0.5, 0.6) is 0 Å². The van der Waals surface area contributed by atoms with Crippen LogP contribution in [0.4, 0.5) is 0 Å². The van der Waals surface area contributed by atoms with Gasteiger partial charge in [-0.2, -0.15) is 0 Å². The van der Waals surface area contributed by atoms with E-state index in [0.717, 1.165) is 24.5 Å². The van der Waals surface area contributed by atoms with Gasteiger partial charge in [0.05, 0.1) is 5.54 Å². The molecule has 1 aromatic rings. The predicted molar refractivity (Wildman–Crippen MR) is 66.6 cm³/mol. The maximum absolute atomic E-state index is 6.42. The molecule has 0 atom stereocenters. The SMILES string of the molecule is Cc1nnc(C2(N)CCC2)n1C1CCCCC1. The molecule has 1 heterocycles. The first-order valence-electron chi connectivity index (χ1n) is 6.91. The van der Waals surface area contributed by atoms with Gasteiger partial charge in [0.15, 0.2) is 5.82 Å². The summed E-state index contributed by atoms with van der Waals surface area (Å²) in [7, 11) is 0. The Labute approximate surface area is 103 Å². The number of aryl methyl sites for hydroxylation is 1. The summed E-state index contributed by atoms with van der Waals surface area (Å²) >= 11 is 0. The summed E-state index contributed by atoms with van der Waals surface area (Å²) < 4.78 is 2.35. The monoisotopic (exact) mass is 234 g/mol. The molecule has 0 spiro atoms. The minimum Gasteiger partial charge on any atom is -0.319 e. The summed E-state index contributed by atoms with van der Waals surface area (Å²) in [5.41, 5.74) is 6.24. The maximum atomic E-state index is 6.42. The fraction of sp³-hybridized carbons (Fsp3) is 0.846. The van der Waals surface area contributed by atoms with E-state index in [2.05, 4.69) is 21.7 Å². The number of hydrogen-bond acceptors (Lipinski definition) is 3. The van der Waals surface area contributed by atoms with Crippen molar-refractivity contribution in [3.8, 4) is 0 Å². The lowest BCUT2D eigenvalue weighted by Gasteiger charge is -2.39. The first-order chi connectivity index (χ1) is 8.21. The molecule has 0 aliphatic heterocycles. The van der Waals surface area contributed by atoms with Gasteiger partial charge < -0.3 is 10.3 Å². The van der Waals surface area contributed by atoms with E-state index >= 15 is 0 Å². The van der Waals surface area contributed by atoms with Gasteiger partial charge in [0.2, 0.25) is 0 Å². The number of nitrogens with two attached hydrogens (primary N) is 1. The zero-order chi connectivity index (χ0) is 11.9. The molecule has 1 aromatic heterocycles. The van der Waals surface area contributed by atoms with Gasteiger partial charge in [-0.15, -0.1) is 10.2 Å². The van der Waals surface area contributed by atoms with E-state index in [4.69, 9.17) is 5.73 Å². The average Bonchev–Trinajstić information content (AvgIpc) is 2.69. The van der Waals surface area contributed by atoms with Crippen molar-refractivity contribution in [1.82, 2.24) is 14.8 Å². The first kappa shape index (κ1) is 11.2. The lowest BCUT2D eigenvalue weighted by molar-refractivity contribution is 0.215. The molecule has 0 aromatic carbocycles. The highest BCUT2D eigenvalue weighted by atomic mass is 15.3. The van der Waals surface area contributed by atoms with Crippen molar-refractivity contribution in [2.75, 3.05) is 0 Å². The van der Waals surface area contributed by atoms with E-state index in [9.17, 15) is 0 Å². The van der Waals surface area contributed by atoms with Gasteiger partial charge in [-0.25, -0.2) is 0 Å². The summed E-state index contributed by atoms with van der Waals surface area (Å²) in [6, 6.07) is 0.592. The Morgan fingerprint density at radius 2 is 1.82 bits per heavy atom. The summed E-state index contributed by atoms with van der Waals surface area (Å²) in [5, 5.41) is 8.65. The zero-order valence-corrected chi connectivity index (χ0v) is 10.7. The predicted octanol–water partition coefficient (Wildman–Crippen LogP) is 2.43. The molecule has 2 fully saturated rings. The van der Waals surface area contributed by atoms with Gasteiger partial charge in [0, 0.05) is 6.04 Å². The molecule has 0 amide bonds. The Hall–Kier alpha value is -0.900. The summed E-state index contributed by atoms with van der Waals surface area (Å²) in [4.78, 5) is 0. The van der Waals surface area contributed by atoms with Crippen LogP contribution in [-0.4, -0.2) is 14.8 Å². The fourth-order valence-corrected chi connectivity index (χ4v) is 3.27. The molecule has 2 N–H and O–H groups in total. The first-order valence-corrected chi connectivity index (χ1v) is 6.91. The Morgan fingerprint density at radius 3 is 2.41 bits per heavy atom. The molecule has 0 bridgehead atoms. The second-order valence-electron chi connectivity index (χ2n) is 5.74. The zero-order valence-electron chi connectivity index (χ0n) is 10.7. The topological polar surface area (TPSA) is 56.7 Å². The van der Waals surface area contributed by atoms with Crippen LogP contribution in [0, 0.1) is 6.92 Å². The molecule has 2 aliphatic rings. The van der Waals surface area contributed by atoms with Gasteiger partial charge >= 0.3 is 0 Å². The standard InChI is InChI=1S/C13H22N4/c1-10-15-16-12(13(14)8-5-9-13)17(10)11-6-3-2-4-7-11/h11H,2-9,14H2,1H3. The third kappa shape index (κ3) is 1.79. The minimum atomic E-state index is -0.182. The van der Waals surface area contributed by atoms with Crippen LogP contribution in [-0.2, 0) is 5.54 Å². The molecular formula is C13H22N4. The van der Waals surface area contributed by atoms with Crippen LogP contribution in [0.1, 0.15) is 69.1 Å². The van der Waals surface area contributed by atoms with Crippen LogP contribution in [0.15, 0.2) is 0 Å². The van der Waals surface area contributed by atoms with Gasteiger partial charge in [0.25, 0.3) is 0 Å². The van der Waals surface area contributed by atoms with Gasteiger partial charge in [-0.3, -0.25) is 0 Å². The number of nitrogens with zero attached hydrogens (tertiary/aromatic N) is 3. The highest BCUT2D eigenvalue weighted by Gasteiger charge is 2.40. The quantitative estimate of drug-likeness (QED) is 0.855. The number of rotatable bonds is 2. The van der Waals surface area contributed by atoms with Crippen molar-refractivity contribution in [2.24, 2.45) is 5.73 Å². The highest BCUT2D eigenvalue weighted by Crippen LogP contribution is 2.40. The molecule has 4 nitrogen and oxygen atoms in total. The second-order valence-corrected chi connectivity index (χ2v) is 5.74. The summed E-state index contributed by atoms with van der Waals surface area (Å²) in [6.45, 7) is 2.06. The van der Waals surface area contributed by atoms with Crippen molar-refractivity contribution >= 4 is 0 Å². The molecule has 94 valence electrons. The van der Waals surface area contributed by atoms with E-state index in [0.29, 0.717) is 6.04 Å². The Bertz CT molecular complexity index is 400. The number of aromatic nitrogens is 3. The summed E-state index contributed by atoms with van der Waals surface area (Å²) in [5.74, 6) is 2.09. The van der Waals surface area contributed by atoms with E-state index in [1.165, 1.54) is 38.5 Å². The molecule has 2 aliphatic carbocycles. The molecule has 4 heteroatoms. The third-order valence-corrected chi connectivity index (χ3v) is 4.50. The Balaban J connectivity index is 1.94. The van der Waals surface area contributed by atoms with Crippen molar-refractivity contribution in [3.05, 3.63) is 11.6 Å². The van der Waals surface area contributed by atoms with Crippen LogP contribution >= 0.6 is 0 Å². The highest BCUT2D eigenvalue weighted by molar-refractivity contribution is 5.13. The van der Waals surface area contributed by atoms with Gasteiger partial charge in [0.1, 0.15) is 5.82 Å². The minimum absolute atomic E-state index is 0.182. The smallest absolute Gasteiger partial charge is 0.153 e. The average molecular weight is 234 g/mol. The lowest BCUT2D eigenvalue weighted by atomic mass is 9.76. The van der Waals surface area contributed by atoms with Gasteiger partial charge in [-0.1, -0.05) is 19.3 Å². The van der Waals surface area contributed by atoms with E-state index in [1.54, 1.807) is 0 Å². The van der Waals surface area contributed by atoms with E-state index < -0.39 is 0 Å². The third-order valence-electron chi connectivity index (χ3n) is 4.50. The number of hydrogen-bond donors (Lipinski definition) is 1. The van der Waals surface area contributed by atoms with Crippen LogP contribution in [0.3, 0.4) is 0 Å². The molecular weight excluding hydrogens is 212 g/mol. The molecule has 0 saturated heterocycles. The van der Waals surface area contributed by atoms with Crippen LogP contribution in [0.2, 0.25) is 0 Å². The normalized spacial score (nSPS) is 24.6. The molecule has 2 saturated carbocycles. The Morgan fingerprint density at radius 1 is 1.12 bits per heavy atom. The van der Waals surface area contributed by atoms with Crippen molar-refractivity contribution in [1.29, 1.82) is 0 Å². The molecule has 3 rings (SSSR count). The molecule has 0 unspecified atom stereocenters. The van der Waals surface area contributed by atoms with E-state index in [-0.39, 0.29) is 5.54 Å². The second kappa shape index (κ2) is 4.09. The van der Waals surface area contributed by atoms with Crippen molar-refractivity contribution in [2.45, 2.75) is 69.9 Å². The van der Waals surface area contributed by atoms with E-state index in [1.807, 2.05) is 0 Å². The molecule has 17 heavy (non-hydrogen) atoms. The summed E-state index contributed by atoms with van der Waals surface area (Å²) in [6.07, 6.45) is 9.94. The lowest BCUT2D eigenvalue weighted by Crippen LogP contribution is -2.46. The van der Waals surface area contributed by atoms with Crippen molar-refractivity contribution in [3.63, 3.8) is 0 Å². The van der Waals surface area contributed by atoms with Crippen molar-refractivity contribution < 1.29 is 0 Å². The van der Waals surface area contributed by atoms with Crippen LogP contribution in [0.25, 0.3) is 0 Å².